The molecule has 0 radical (unpaired) electrons. The van der Waals surface area contributed by atoms with E-state index in [-0.39, 0.29) is 0 Å². The summed E-state index contributed by atoms with van der Waals surface area (Å²) < 4.78 is 19.0. The molecule has 8 heteroatoms. The number of para-hydroxylation sites is 1. The number of hydrogen-bond donors (Lipinski definition) is 0. The second-order valence-electron chi connectivity index (χ2n) is 4.39. The molecule has 112 valence electrons. The van der Waals surface area contributed by atoms with Gasteiger partial charge in [-0.2, -0.15) is 4.68 Å². The average molecular weight is 332 g/mol. The predicted octanol–water partition coefficient (Wildman–Crippen LogP) is 2.72. The van der Waals surface area contributed by atoms with Crippen molar-refractivity contribution in [2.24, 2.45) is 0 Å². The molecule has 0 fully saturated rings. The summed E-state index contributed by atoms with van der Waals surface area (Å²) in [6.07, 6.45) is 0. The van der Waals surface area contributed by atoms with Crippen molar-refractivity contribution in [3.8, 4) is 11.4 Å². The van der Waals surface area contributed by atoms with Crippen molar-refractivity contribution in [2.45, 2.75) is 12.1 Å². The molecule has 6 nitrogen and oxygen atoms in total. The van der Waals surface area contributed by atoms with Crippen molar-refractivity contribution in [2.75, 3.05) is 0 Å². The normalized spacial score (nSPS) is 12.0. The van der Waals surface area contributed by atoms with Gasteiger partial charge in [0.1, 0.15) is 5.75 Å². The first-order valence-electron chi connectivity index (χ1n) is 6.41. The molecule has 0 amide bonds. The van der Waals surface area contributed by atoms with Crippen molar-refractivity contribution in [1.29, 1.82) is 0 Å². The highest BCUT2D eigenvalue weighted by molar-refractivity contribution is 8.67. The van der Waals surface area contributed by atoms with Crippen LogP contribution < -0.4 is 4.18 Å². The Kier molecular flexibility index (Phi) is 4.50. The number of hydrogen-bond acceptors (Lipinski definition) is 6. The first-order chi connectivity index (χ1) is 10.7. The minimum absolute atomic E-state index is 0.400. The monoisotopic (exact) mass is 332 g/mol. The Morgan fingerprint density at radius 1 is 1.09 bits per heavy atom. The lowest BCUT2D eigenvalue weighted by molar-refractivity contribution is 0.577. The van der Waals surface area contributed by atoms with Gasteiger partial charge in [-0.05, 0) is 41.6 Å². The Hall–Kier alpha value is -2.19. The van der Waals surface area contributed by atoms with E-state index in [1.807, 2.05) is 49.4 Å². The van der Waals surface area contributed by atoms with Crippen LogP contribution in [0.4, 0.5) is 0 Å². The van der Waals surface area contributed by atoms with Gasteiger partial charge in [-0.3, -0.25) is 0 Å². The van der Waals surface area contributed by atoms with Crippen LogP contribution in [0.15, 0.2) is 59.8 Å². The number of benzene rings is 2. The molecule has 0 N–H and O–H groups in total. The lowest BCUT2D eigenvalue weighted by Crippen LogP contribution is -2.01. The summed E-state index contributed by atoms with van der Waals surface area (Å²) in [6, 6.07) is 16.7. The Labute approximate surface area is 133 Å². The fraction of sp³-hybridized carbons (Fsp3) is 0.0714. The van der Waals surface area contributed by atoms with Gasteiger partial charge >= 0.3 is 0 Å². The third-order valence-corrected chi connectivity index (χ3v) is 4.70. The zero-order valence-electron chi connectivity index (χ0n) is 11.6. The number of tetrazole rings is 1. The van der Waals surface area contributed by atoms with Crippen LogP contribution in [0.1, 0.15) is 5.56 Å². The summed E-state index contributed by atoms with van der Waals surface area (Å²) in [5, 5.41) is 11.8. The Morgan fingerprint density at radius 3 is 2.55 bits per heavy atom. The topological polar surface area (TPSA) is 69.9 Å². The second kappa shape index (κ2) is 6.71. The molecule has 3 rings (SSSR count). The number of nitrogens with zero attached hydrogens (tertiary/aromatic N) is 4. The molecule has 3 aromatic rings. The first kappa shape index (κ1) is 14.7. The van der Waals surface area contributed by atoms with E-state index < -0.39 is 10.1 Å². The minimum Gasteiger partial charge on any atom is -0.392 e. The van der Waals surface area contributed by atoms with Crippen LogP contribution in [0.25, 0.3) is 5.69 Å². The highest BCUT2D eigenvalue weighted by Gasteiger charge is 2.14. The first-order valence-corrected chi connectivity index (χ1v) is 8.82. The summed E-state index contributed by atoms with van der Waals surface area (Å²) in [5.74, 6) is 0.537. The molecule has 1 aromatic heterocycles. The van der Waals surface area contributed by atoms with Gasteiger partial charge in [-0.15, -0.1) is 5.10 Å². The zero-order chi connectivity index (χ0) is 15.4. The van der Waals surface area contributed by atoms with Gasteiger partial charge in [0.05, 0.1) is 16.5 Å². The van der Waals surface area contributed by atoms with E-state index in [9.17, 15) is 4.21 Å². The Bertz CT molecular complexity index is 775. The molecule has 0 saturated heterocycles. The maximum atomic E-state index is 12.1. The van der Waals surface area contributed by atoms with Gasteiger partial charge in [-0.25, -0.2) is 4.21 Å². The minimum atomic E-state index is -1.64. The van der Waals surface area contributed by atoms with E-state index in [2.05, 4.69) is 15.5 Å². The average Bonchev–Trinajstić information content (AvgIpc) is 2.98. The van der Waals surface area contributed by atoms with Crippen molar-refractivity contribution in [3.05, 3.63) is 60.2 Å². The molecule has 0 bridgehead atoms. The fourth-order valence-electron chi connectivity index (χ4n) is 1.71. The van der Waals surface area contributed by atoms with Crippen LogP contribution in [0.2, 0.25) is 0 Å². The smallest absolute Gasteiger partial charge is 0.279 e. The van der Waals surface area contributed by atoms with Crippen LogP contribution >= 0.6 is 10.8 Å². The molecule has 1 heterocycles. The predicted molar refractivity (Wildman–Crippen MR) is 85.0 cm³/mol. The van der Waals surface area contributed by atoms with Crippen molar-refractivity contribution < 1.29 is 8.39 Å². The molecule has 1 unspecified atom stereocenters. The van der Waals surface area contributed by atoms with Crippen molar-refractivity contribution >= 4 is 20.9 Å². The summed E-state index contributed by atoms with van der Waals surface area (Å²) in [4.78, 5) is 0. The third kappa shape index (κ3) is 3.52. The quantitative estimate of drug-likeness (QED) is 0.669. The summed E-state index contributed by atoms with van der Waals surface area (Å²) in [7, 11) is -0.690. The van der Waals surface area contributed by atoms with Crippen LogP contribution in [-0.4, -0.2) is 24.4 Å². The Balaban J connectivity index is 1.73. The van der Waals surface area contributed by atoms with E-state index in [1.165, 1.54) is 4.68 Å². The molecule has 0 aliphatic heterocycles. The molecule has 0 spiro atoms. The number of aryl methyl sites for hydroxylation is 1. The molecule has 1 atom stereocenters. The lowest BCUT2D eigenvalue weighted by atomic mass is 10.2. The van der Waals surface area contributed by atoms with Crippen LogP contribution in [0.3, 0.4) is 0 Å². The van der Waals surface area contributed by atoms with Crippen LogP contribution in [0, 0.1) is 6.92 Å². The van der Waals surface area contributed by atoms with E-state index in [1.54, 1.807) is 12.1 Å². The number of rotatable bonds is 5. The third-order valence-electron chi connectivity index (χ3n) is 2.77. The molecule has 0 aliphatic carbocycles. The van der Waals surface area contributed by atoms with Crippen LogP contribution in [0.5, 0.6) is 5.75 Å². The second-order valence-corrected chi connectivity index (χ2v) is 6.82. The van der Waals surface area contributed by atoms with Gasteiger partial charge in [0.2, 0.25) is 5.16 Å². The summed E-state index contributed by atoms with van der Waals surface area (Å²) >= 11 is 0. The van der Waals surface area contributed by atoms with E-state index in [0.717, 1.165) is 22.0 Å². The maximum Gasteiger partial charge on any atom is 0.279 e. The summed E-state index contributed by atoms with van der Waals surface area (Å²) in [6.45, 7) is 1.98. The molecular formula is C14H12N4O2S2. The molecule has 2 aromatic carbocycles. The van der Waals surface area contributed by atoms with Gasteiger partial charge in [0.25, 0.3) is 10.1 Å². The molecule has 0 saturated carbocycles. The highest BCUT2D eigenvalue weighted by atomic mass is 33.1. The molecular weight excluding hydrogens is 320 g/mol. The van der Waals surface area contributed by atoms with E-state index in [0.29, 0.717) is 10.9 Å². The highest BCUT2D eigenvalue weighted by Crippen LogP contribution is 2.24. The van der Waals surface area contributed by atoms with Crippen LogP contribution in [-0.2, 0) is 10.1 Å². The van der Waals surface area contributed by atoms with E-state index in [4.69, 9.17) is 4.18 Å². The van der Waals surface area contributed by atoms with Gasteiger partial charge in [0, 0.05) is 0 Å². The zero-order valence-corrected chi connectivity index (χ0v) is 13.3. The van der Waals surface area contributed by atoms with Crippen molar-refractivity contribution in [3.63, 3.8) is 0 Å². The molecule has 0 aliphatic rings. The van der Waals surface area contributed by atoms with Gasteiger partial charge in [-0.1, -0.05) is 35.9 Å². The molecule has 22 heavy (non-hydrogen) atoms. The standard InChI is InChI=1S/C14H12N4O2S2/c1-11-7-9-13(10-8-11)20-22(19)21-14-15-16-17-18(14)12-5-3-2-4-6-12/h2-10H,1H3. The summed E-state index contributed by atoms with van der Waals surface area (Å²) in [5.41, 5.74) is 1.90. The van der Waals surface area contributed by atoms with E-state index >= 15 is 0 Å². The lowest BCUT2D eigenvalue weighted by Gasteiger charge is -2.05. The van der Waals surface area contributed by atoms with Gasteiger partial charge in [0.15, 0.2) is 0 Å². The van der Waals surface area contributed by atoms with Crippen molar-refractivity contribution in [1.82, 2.24) is 20.2 Å². The maximum absolute atomic E-state index is 12.1. The van der Waals surface area contributed by atoms with Gasteiger partial charge < -0.3 is 4.18 Å². The number of aromatic nitrogens is 4. The largest absolute Gasteiger partial charge is 0.392 e. The fourth-order valence-corrected chi connectivity index (χ4v) is 3.43. The Morgan fingerprint density at radius 2 is 1.82 bits per heavy atom. The SMILES string of the molecule is Cc1ccc(OS(=O)Sc2nnnn2-c2ccccc2)cc1.